The first-order valence-corrected chi connectivity index (χ1v) is 6.61. The van der Waals surface area contributed by atoms with E-state index in [2.05, 4.69) is 4.98 Å². The van der Waals surface area contributed by atoms with Crippen LogP contribution >= 0.6 is 11.3 Å². The van der Waals surface area contributed by atoms with E-state index in [1.54, 1.807) is 28.3 Å². The first-order chi connectivity index (χ1) is 9.25. The largest absolute Gasteiger partial charge is 0.326 e. The molecule has 0 aliphatic heterocycles. The minimum atomic E-state index is -0.536. The third-order valence-corrected chi connectivity index (χ3v) is 3.71. The summed E-state index contributed by atoms with van der Waals surface area (Å²) in [5.41, 5.74) is 0.0540. The Morgan fingerprint density at radius 2 is 1.89 bits per heavy atom. The van der Waals surface area contributed by atoms with Crippen molar-refractivity contribution in [1.82, 2.24) is 9.55 Å². The van der Waals surface area contributed by atoms with Crippen LogP contribution in [-0.4, -0.2) is 9.55 Å². The van der Waals surface area contributed by atoms with Crippen LogP contribution in [-0.2, 0) is 6.54 Å². The van der Waals surface area contributed by atoms with Crippen LogP contribution in [0.3, 0.4) is 0 Å². The second kappa shape index (κ2) is 4.93. The van der Waals surface area contributed by atoms with Crippen LogP contribution in [0.1, 0.15) is 5.56 Å². The summed E-state index contributed by atoms with van der Waals surface area (Å²) >= 11 is 1.54. The molecule has 3 rings (SSSR count). The molecule has 3 aromatic rings. The third-order valence-electron chi connectivity index (χ3n) is 2.85. The lowest BCUT2D eigenvalue weighted by Crippen LogP contribution is -2.05. The van der Waals surface area contributed by atoms with Crippen molar-refractivity contribution in [2.24, 2.45) is 0 Å². The average molecular weight is 276 g/mol. The van der Waals surface area contributed by atoms with E-state index >= 15 is 0 Å². The maximum atomic E-state index is 13.6. The van der Waals surface area contributed by atoms with Gasteiger partial charge in [0.2, 0.25) is 0 Å². The summed E-state index contributed by atoms with van der Waals surface area (Å²) in [6, 6.07) is 7.74. The molecular weight excluding hydrogens is 266 g/mol. The Balaban J connectivity index is 1.99. The van der Waals surface area contributed by atoms with Crippen LogP contribution in [0.4, 0.5) is 8.78 Å². The zero-order valence-corrected chi connectivity index (χ0v) is 10.7. The molecular formula is C14H10F2N2S. The van der Waals surface area contributed by atoms with Crippen molar-refractivity contribution in [3.8, 4) is 10.7 Å². The molecule has 0 aliphatic rings. The van der Waals surface area contributed by atoms with Crippen LogP contribution in [0.25, 0.3) is 10.7 Å². The lowest BCUT2D eigenvalue weighted by Gasteiger charge is -2.08. The van der Waals surface area contributed by atoms with Gasteiger partial charge in [-0.2, -0.15) is 0 Å². The SMILES string of the molecule is Fc1cccc(F)c1Cn1ccnc1-c1cccs1. The smallest absolute Gasteiger partial charge is 0.150 e. The van der Waals surface area contributed by atoms with Crippen molar-refractivity contribution in [1.29, 1.82) is 0 Å². The van der Waals surface area contributed by atoms with Crippen LogP contribution < -0.4 is 0 Å². The molecule has 2 nitrogen and oxygen atoms in total. The van der Waals surface area contributed by atoms with Gasteiger partial charge in [0.25, 0.3) is 0 Å². The number of hydrogen-bond donors (Lipinski definition) is 0. The average Bonchev–Trinajstić information content (AvgIpc) is 3.04. The van der Waals surface area contributed by atoms with Crippen molar-refractivity contribution >= 4 is 11.3 Å². The lowest BCUT2D eigenvalue weighted by molar-refractivity contribution is 0.545. The van der Waals surface area contributed by atoms with Gasteiger partial charge in [-0.1, -0.05) is 12.1 Å². The van der Waals surface area contributed by atoms with Crippen molar-refractivity contribution in [2.45, 2.75) is 6.54 Å². The molecule has 96 valence electrons. The van der Waals surface area contributed by atoms with Crippen molar-refractivity contribution in [3.05, 3.63) is 65.3 Å². The molecule has 0 radical (unpaired) electrons. The Bertz CT molecular complexity index is 669. The summed E-state index contributed by atoms with van der Waals surface area (Å²) in [6.45, 7) is 0.131. The highest BCUT2D eigenvalue weighted by molar-refractivity contribution is 7.13. The first kappa shape index (κ1) is 12.0. The minimum Gasteiger partial charge on any atom is -0.326 e. The Morgan fingerprint density at radius 3 is 2.58 bits per heavy atom. The maximum Gasteiger partial charge on any atom is 0.150 e. The monoisotopic (exact) mass is 276 g/mol. The molecule has 2 aromatic heterocycles. The van der Waals surface area contributed by atoms with Crippen LogP contribution in [0.15, 0.2) is 48.1 Å². The van der Waals surface area contributed by atoms with Gasteiger partial charge in [-0.15, -0.1) is 11.3 Å². The molecule has 0 fully saturated rings. The molecule has 5 heteroatoms. The predicted molar refractivity (Wildman–Crippen MR) is 71.0 cm³/mol. The fraction of sp³-hybridized carbons (Fsp3) is 0.0714. The Labute approximate surface area is 113 Å². The quantitative estimate of drug-likeness (QED) is 0.708. The van der Waals surface area contributed by atoms with E-state index in [0.717, 1.165) is 10.7 Å². The Kier molecular flexibility index (Phi) is 3.13. The molecule has 0 saturated carbocycles. The number of rotatable bonds is 3. The third kappa shape index (κ3) is 2.29. The second-order valence-electron chi connectivity index (χ2n) is 4.06. The van der Waals surface area contributed by atoms with Crippen LogP contribution in [0.2, 0.25) is 0 Å². The van der Waals surface area contributed by atoms with E-state index < -0.39 is 11.6 Å². The second-order valence-corrected chi connectivity index (χ2v) is 5.00. The van der Waals surface area contributed by atoms with Crippen molar-refractivity contribution < 1.29 is 8.78 Å². The van der Waals surface area contributed by atoms with Gasteiger partial charge in [-0.3, -0.25) is 0 Å². The molecule has 0 bridgehead atoms. The van der Waals surface area contributed by atoms with Gasteiger partial charge >= 0.3 is 0 Å². The summed E-state index contributed by atoms with van der Waals surface area (Å²) in [6.07, 6.45) is 3.36. The minimum absolute atomic E-state index is 0.0540. The molecule has 0 N–H and O–H groups in total. The van der Waals surface area contributed by atoms with E-state index in [9.17, 15) is 8.78 Å². The van der Waals surface area contributed by atoms with Crippen molar-refractivity contribution in [3.63, 3.8) is 0 Å². The number of nitrogens with zero attached hydrogens (tertiary/aromatic N) is 2. The number of imidazole rings is 1. The fourth-order valence-electron chi connectivity index (χ4n) is 1.92. The fourth-order valence-corrected chi connectivity index (χ4v) is 2.66. The van der Waals surface area contributed by atoms with E-state index in [1.807, 2.05) is 17.5 Å². The van der Waals surface area contributed by atoms with Gasteiger partial charge < -0.3 is 4.57 Å². The van der Waals surface area contributed by atoms with E-state index in [0.29, 0.717) is 0 Å². The number of aromatic nitrogens is 2. The van der Waals surface area contributed by atoms with Gasteiger partial charge in [0.1, 0.15) is 17.5 Å². The summed E-state index contributed by atoms with van der Waals surface area (Å²) in [7, 11) is 0. The van der Waals surface area contributed by atoms with Gasteiger partial charge in [-0.25, -0.2) is 13.8 Å². The van der Waals surface area contributed by atoms with E-state index in [4.69, 9.17) is 0 Å². The highest BCUT2D eigenvalue weighted by atomic mass is 32.1. The van der Waals surface area contributed by atoms with Crippen LogP contribution in [0, 0.1) is 11.6 Å². The number of halogens is 2. The lowest BCUT2D eigenvalue weighted by atomic mass is 10.2. The normalized spacial score (nSPS) is 10.8. The van der Waals surface area contributed by atoms with E-state index in [1.165, 1.54) is 18.2 Å². The molecule has 0 spiro atoms. The van der Waals surface area contributed by atoms with Gasteiger partial charge in [0.05, 0.1) is 11.4 Å². The molecule has 0 aliphatic carbocycles. The number of thiophene rings is 1. The maximum absolute atomic E-state index is 13.6. The topological polar surface area (TPSA) is 17.8 Å². The van der Waals surface area contributed by atoms with Crippen molar-refractivity contribution in [2.75, 3.05) is 0 Å². The summed E-state index contributed by atoms with van der Waals surface area (Å²) in [5.74, 6) is -0.352. The standard InChI is InChI=1S/C14H10F2N2S/c15-11-3-1-4-12(16)10(11)9-18-7-6-17-14(18)13-5-2-8-19-13/h1-8H,9H2. The van der Waals surface area contributed by atoms with Gasteiger partial charge in [0.15, 0.2) is 0 Å². The summed E-state index contributed by atoms with van der Waals surface area (Å²) in [4.78, 5) is 5.22. The van der Waals surface area contributed by atoms with Gasteiger partial charge in [0, 0.05) is 18.0 Å². The highest BCUT2D eigenvalue weighted by Gasteiger charge is 2.12. The summed E-state index contributed by atoms with van der Waals surface area (Å²) in [5, 5.41) is 1.94. The Morgan fingerprint density at radius 1 is 1.11 bits per heavy atom. The first-order valence-electron chi connectivity index (χ1n) is 5.73. The van der Waals surface area contributed by atoms with Gasteiger partial charge in [-0.05, 0) is 23.6 Å². The number of benzene rings is 1. The molecule has 0 amide bonds. The molecule has 2 heterocycles. The molecule has 19 heavy (non-hydrogen) atoms. The predicted octanol–water partition coefficient (Wildman–Crippen LogP) is 3.94. The number of hydrogen-bond acceptors (Lipinski definition) is 2. The highest BCUT2D eigenvalue weighted by Crippen LogP contribution is 2.24. The molecule has 0 unspecified atom stereocenters. The van der Waals surface area contributed by atoms with E-state index in [-0.39, 0.29) is 12.1 Å². The Hall–Kier alpha value is -2.01. The molecule has 1 aromatic carbocycles. The molecule has 0 atom stereocenters. The zero-order valence-electron chi connectivity index (χ0n) is 9.88. The summed E-state index contributed by atoms with van der Waals surface area (Å²) < 4.78 is 29.0. The van der Waals surface area contributed by atoms with Crippen LogP contribution in [0.5, 0.6) is 0 Å². The molecule has 0 saturated heterocycles. The zero-order chi connectivity index (χ0) is 13.2.